The van der Waals surface area contributed by atoms with Crippen molar-refractivity contribution in [2.24, 2.45) is 0 Å². The molecule has 18 heavy (non-hydrogen) atoms. The maximum Gasteiger partial charge on any atom is 0.231 e. The molecule has 0 amide bonds. The van der Waals surface area contributed by atoms with E-state index in [1.807, 2.05) is 23.6 Å². The molecule has 0 saturated carbocycles. The van der Waals surface area contributed by atoms with Crippen molar-refractivity contribution in [3.8, 4) is 22.1 Å². The third-order valence-corrected chi connectivity index (χ3v) is 3.54. The third-order valence-electron chi connectivity index (χ3n) is 2.60. The second kappa shape index (κ2) is 4.42. The van der Waals surface area contributed by atoms with Crippen LogP contribution in [-0.2, 0) is 11.2 Å². The molecule has 0 aliphatic carbocycles. The van der Waals surface area contributed by atoms with E-state index < -0.39 is 0 Å². The molecule has 0 atom stereocenters. The molecule has 0 bridgehead atoms. The lowest BCUT2D eigenvalue weighted by Crippen LogP contribution is -1.96. The van der Waals surface area contributed by atoms with Gasteiger partial charge in [0.15, 0.2) is 11.5 Å². The number of rotatable bonds is 3. The monoisotopic (exact) mass is 261 g/mol. The lowest BCUT2D eigenvalue weighted by atomic mass is 10.2. The van der Waals surface area contributed by atoms with Gasteiger partial charge in [-0.05, 0) is 25.1 Å². The Morgan fingerprint density at radius 2 is 2.22 bits per heavy atom. The molecular formula is C13H11NO3S. The summed E-state index contributed by atoms with van der Waals surface area (Å²) in [6, 6.07) is 5.74. The number of Topliss-reactive ketones (excluding diaryl/α,β-unsaturated/α-hetero) is 1. The topological polar surface area (TPSA) is 48.4 Å². The van der Waals surface area contributed by atoms with Crippen molar-refractivity contribution in [1.29, 1.82) is 0 Å². The van der Waals surface area contributed by atoms with Crippen molar-refractivity contribution >= 4 is 17.1 Å². The van der Waals surface area contributed by atoms with Gasteiger partial charge in [-0.3, -0.25) is 4.79 Å². The van der Waals surface area contributed by atoms with Crippen LogP contribution in [0, 0.1) is 0 Å². The number of ketones is 1. The van der Waals surface area contributed by atoms with Crippen LogP contribution >= 0.6 is 11.3 Å². The van der Waals surface area contributed by atoms with Crippen LogP contribution in [0.3, 0.4) is 0 Å². The Morgan fingerprint density at radius 3 is 3.06 bits per heavy atom. The molecule has 0 N–H and O–H groups in total. The van der Waals surface area contributed by atoms with Crippen LogP contribution in [0.2, 0.25) is 0 Å². The van der Waals surface area contributed by atoms with E-state index in [-0.39, 0.29) is 12.6 Å². The van der Waals surface area contributed by atoms with E-state index in [1.54, 1.807) is 6.92 Å². The van der Waals surface area contributed by atoms with Gasteiger partial charge >= 0.3 is 0 Å². The van der Waals surface area contributed by atoms with E-state index >= 15 is 0 Å². The Balaban J connectivity index is 1.90. The summed E-state index contributed by atoms with van der Waals surface area (Å²) in [4.78, 5) is 15.5. The standard InChI is InChI=1S/C13H11NO3S/c1-8(15)4-10-6-18-13(14-10)9-2-3-11-12(5-9)17-7-16-11/h2-3,5-6H,4,7H2,1H3. The highest BCUT2D eigenvalue weighted by molar-refractivity contribution is 7.13. The maximum atomic E-state index is 11.0. The van der Waals surface area contributed by atoms with Gasteiger partial charge < -0.3 is 9.47 Å². The van der Waals surface area contributed by atoms with E-state index in [0.29, 0.717) is 6.42 Å². The van der Waals surface area contributed by atoms with Crippen molar-refractivity contribution in [3.05, 3.63) is 29.3 Å². The second-order valence-electron chi connectivity index (χ2n) is 4.09. The first kappa shape index (κ1) is 11.2. The number of carbonyl (C=O) groups excluding carboxylic acids is 1. The van der Waals surface area contributed by atoms with Crippen LogP contribution < -0.4 is 9.47 Å². The van der Waals surface area contributed by atoms with Crippen LogP contribution in [-0.4, -0.2) is 17.6 Å². The molecule has 0 spiro atoms. The second-order valence-corrected chi connectivity index (χ2v) is 4.95. The highest BCUT2D eigenvalue weighted by Gasteiger charge is 2.15. The number of carbonyl (C=O) groups is 1. The number of thiazole rings is 1. The molecule has 1 aliphatic rings. The van der Waals surface area contributed by atoms with Gasteiger partial charge in [0.05, 0.1) is 5.69 Å². The van der Waals surface area contributed by atoms with Crippen LogP contribution in [0.4, 0.5) is 0 Å². The van der Waals surface area contributed by atoms with Gasteiger partial charge in [-0.15, -0.1) is 11.3 Å². The molecule has 2 aromatic rings. The quantitative estimate of drug-likeness (QED) is 0.852. The molecule has 92 valence electrons. The summed E-state index contributed by atoms with van der Waals surface area (Å²) in [5, 5.41) is 2.81. The lowest BCUT2D eigenvalue weighted by molar-refractivity contribution is -0.116. The summed E-state index contributed by atoms with van der Waals surface area (Å²) in [5.41, 5.74) is 1.80. The minimum atomic E-state index is 0.123. The Labute approximate surface area is 108 Å². The van der Waals surface area contributed by atoms with Crippen LogP contribution in [0.15, 0.2) is 23.6 Å². The van der Waals surface area contributed by atoms with E-state index in [1.165, 1.54) is 11.3 Å². The molecule has 1 aromatic heterocycles. The Bertz CT molecular complexity index is 606. The first-order valence-corrected chi connectivity index (χ1v) is 6.44. The largest absolute Gasteiger partial charge is 0.454 e. The van der Waals surface area contributed by atoms with E-state index in [0.717, 1.165) is 27.8 Å². The molecule has 0 fully saturated rings. The van der Waals surface area contributed by atoms with Crippen molar-refractivity contribution in [3.63, 3.8) is 0 Å². The van der Waals surface area contributed by atoms with Crippen LogP contribution in [0.5, 0.6) is 11.5 Å². The SMILES string of the molecule is CC(=O)Cc1csc(-c2ccc3c(c2)OCO3)n1. The molecular weight excluding hydrogens is 250 g/mol. The fourth-order valence-electron chi connectivity index (χ4n) is 1.81. The van der Waals surface area contributed by atoms with Gasteiger partial charge in [0.1, 0.15) is 10.8 Å². The molecule has 0 radical (unpaired) electrons. The van der Waals surface area contributed by atoms with Gasteiger partial charge in [-0.2, -0.15) is 0 Å². The number of aromatic nitrogens is 1. The Hall–Kier alpha value is -1.88. The zero-order valence-electron chi connectivity index (χ0n) is 9.80. The number of nitrogens with zero attached hydrogens (tertiary/aromatic N) is 1. The highest BCUT2D eigenvalue weighted by Crippen LogP contribution is 2.36. The normalized spacial score (nSPS) is 12.7. The first-order chi connectivity index (χ1) is 8.72. The molecule has 5 heteroatoms. The number of hydrogen-bond acceptors (Lipinski definition) is 5. The lowest BCUT2D eigenvalue weighted by Gasteiger charge is -1.99. The minimum Gasteiger partial charge on any atom is -0.454 e. The first-order valence-electron chi connectivity index (χ1n) is 5.56. The van der Waals surface area contributed by atoms with Crippen molar-refractivity contribution < 1.29 is 14.3 Å². The molecule has 1 aromatic carbocycles. The van der Waals surface area contributed by atoms with Gasteiger partial charge in [0, 0.05) is 17.4 Å². The molecule has 3 rings (SSSR count). The predicted octanol–water partition coefficient (Wildman–Crippen LogP) is 2.67. The predicted molar refractivity (Wildman–Crippen MR) is 68.1 cm³/mol. The molecule has 2 heterocycles. The average molecular weight is 261 g/mol. The van der Waals surface area contributed by atoms with Crippen LogP contribution in [0.1, 0.15) is 12.6 Å². The molecule has 0 saturated heterocycles. The summed E-state index contributed by atoms with van der Waals surface area (Å²) in [6.07, 6.45) is 0.390. The van der Waals surface area contributed by atoms with Gasteiger partial charge in [-0.25, -0.2) is 4.98 Å². The smallest absolute Gasteiger partial charge is 0.231 e. The van der Waals surface area contributed by atoms with E-state index in [4.69, 9.17) is 9.47 Å². The average Bonchev–Trinajstić information content (AvgIpc) is 2.95. The van der Waals surface area contributed by atoms with Crippen molar-refractivity contribution in [1.82, 2.24) is 4.98 Å². The van der Waals surface area contributed by atoms with Crippen molar-refractivity contribution in [2.45, 2.75) is 13.3 Å². The number of ether oxygens (including phenoxy) is 2. The van der Waals surface area contributed by atoms with Gasteiger partial charge in [0.2, 0.25) is 6.79 Å². The number of benzene rings is 1. The van der Waals surface area contributed by atoms with Gasteiger partial charge in [0.25, 0.3) is 0 Å². The summed E-state index contributed by atoms with van der Waals surface area (Å²) in [7, 11) is 0. The summed E-state index contributed by atoms with van der Waals surface area (Å²) in [6.45, 7) is 1.84. The zero-order chi connectivity index (χ0) is 12.5. The van der Waals surface area contributed by atoms with E-state index in [9.17, 15) is 4.79 Å². The fourth-order valence-corrected chi connectivity index (χ4v) is 2.62. The number of fused-ring (bicyclic) bond motifs is 1. The molecule has 4 nitrogen and oxygen atoms in total. The van der Waals surface area contributed by atoms with Gasteiger partial charge in [-0.1, -0.05) is 0 Å². The van der Waals surface area contributed by atoms with Crippen LogP contribution in [0.25, 0.3) is 10.6 Å². The van der Waals surface area contributed by atoms with E-state index in [2.05, 4.69) is 4.98 Å². The fraction of sp³-hybridized carbons (Fsp3) is 0.231. The number of hydrogen-bond donors (Lipinski definition) is 0. The Kier molecular flexibility index (Phi) is 2.76. The summed E-state index contributed by atoms with van der Waals surface area (Å²) in [5.74, 6) is 1.63. The summed E-state index contributed by atoms with van der Waals surface area (Å²) >= 11 is 1.53. The molecule has 0 unspecified atom stereocenters. The summed E-state index contributed by atoms with van der Waals surface area (Å²) < 4.78 is 10.6. The third kappa shape index (κ3) is 2.09. The maximum absolute atomic E-state index is 11.0. The molecule has 1 aliphatic heterocycles. The minimum absolute atomic E-state index is 0.123. The van der Waals surface area contributed by atoms with Crippen molar-refractivity contribution in [2.75, 3.05) is 6.79 Å². The Morgan fingerprint density at radius 1 is 1.39 bits per heavy atom. The zero-order valence-corrected chi connectivity index (χ0v) is 10.6. The highest BCUT2D eigenvalue weighted by atomic mass is 32.1.